The van der Waals surface area contributed by atoms with E-state index in [1.807, 2.05) is 0 Å². The highest BCUT2D eigenvalue weighted by Gasteiger charge is 2.36. The van der Waals surface area contributed by atoms with Crippen molar-refractivity contribution in [1.29, 1.82) is 0 Å². The molecule has 1 fully saturated rings. The second-order valence-corrected chi connectivity index (χ2v) is 8.08. The van der Waals surface area contributed by atoms with Gasteiger partial charge < -0.3 is 14.3 Å². The zero-order valence-electron chi connectivity index (χ0n) is 14.2. The Morgan fingerprint density at radius 3 is 2.88 bits per heavy atom. The summed E-state index contributed by atoms with van der Waals surface area (Å²) in [6, 6.07) is 1.77. The Bertz CT molecular complexity index is 822. The van der Waals surface area contributed by atoms with Gasteiger partial charge in [-0.15, -0.1) is 0 Å². The molecule has 1 unspecified atom stereocenters. The standard InChI is InChI=1S/C16H21N3O5S/c1-11-15(12(2)24-18-11)25(21,22)19-6-3-4-14(9-19)16(20)17-8-13-5-7-23-10-13/h5,7,10,14H,3-4,6,8-9H2,1-2H3,(H,17,20). The maximum Gasteiger partial charge on any atom is 0.248 e. The van der Waals surface area contributed by atoms with Crippen LogP contribution in [-0.2, 0) is 21.4 Å². The lowest BCUT2D eigenvalue weighted by molar-refractivity contribution is -0.126. The summed E-state index contributed by atoms with van der Waals surface area (Å²) < 4.78 is 37.1. The minimum Gasteiger partial charge on any atom is -0.472 e. The third-order valence-corrected chi connectivity index (χ3v) is 6.48. The number of piperidine rings is 1. The van der Waals surface area contributed by atoms with Crippen molar-refractivity contribution in [3.05, 3.63) is 35.6 Å². The van der Waals surface area contributed by atoms with E-state index in [2.05, 4.69) is 10.5 Å². The molecule has 0 aromatic carbocycles. The summed E-state index contributed by atoms with van der Waals surface area (Å²) in [4.78, 5) is 12.5. The molecule has 136 valence electrons. The van der Waals surface area contributed by atoms with Gasteiger partial charge in [-0.1, -0.05) is 5.16 Å². The second kappa shape index (κ2) is 7.01. The van der Waals surface area contributed by atoms with Crippen molar-refractivity contribution in [2.45, 2.75) is 38.1 Å². The van der Waals surface area contributed by atoms with Crippen LogP contribution < -0.4 is 5.32 Å². The SMILES string of the molecule is Cc1noc(C)c1S(=O)(=O)N1CCCC(C(=O)NCc2ccoc2)C1. The molecule has 9 heteroatoms. The first-order valence-electron chi connectivity index (χ1n) is 8.11. The van der Waals surface area contributed by atoms with E-state index >= 15 is 0 Å². The van der Waals surface area contributed by atoms with Gasteiger partial charge in [0.25, 0.3) is 0 Å². The predicted molar refractivity (Wildman–Crippen MR) is 88.0 cm³/mol. The number of sulfonamides is 1. The fourth-order valence-electron chi connectivity index (χ4n) is 3.07. The van der Waals surface area contributed by atoms with Gasteiger partial charge in [-0.3, -0.25) is 4.79 Å². The smallest absolute Gasteiger partial charge is 0.248 e. The molecule has 0 radical (unpaired) electrons. The number of aryl methyl sites for hydroxylation is 2. The summed E-state index contributed by atoms with van der Waals surface area (Å²) in [5, 5.41) is 6.55. The summed E-state index contributed by atoms with van der Waals surface area (Å²) in [7, 11) is -3.72. The summed E-state index contributed by atoms with van der Waals surface area (Å²) >= 11 is 0. The number of furan rings is 1. The van der Waals surface area contributed by atoms with Gasteiger partial charge >= 0.3 is 0 Å². The van der Waals surface area contributed by atoms with Gasteiger partial charge in [0.15, 0.2) is 5.76 Å². The van der Waals surface area contributed by atoms with Crippen molar-refractivity contribution in [2.75, 3.05) is 13.1 Å². The average Bonchev–Trinajstić information content (AvgIpc) is 3.22. The van der Waals surface area contributed by atoms with Crippen LogP contribution in [0.15, 0.2) is 32.4 Å². The molecular weight excluding hydrogens is 346 g/mol. The van der Waals surface area contributed by atoms with Crippen molar-refractivity contribution < 1.29 is 22.2 Å². The molecule has 0 saturated carbocycles. The minimum atomic E-state index is -3.72. The largest absolute Gasteiger partial charge is 0.472 e. The Morgan fingerprint density at radius 1 is 1.44 bits per heavy atom. The molecule has 0 spiro atoms. The van der Waals surface area contributed by atoms with Gasteiger partial charge in [-0.05, 0) is 32.8 Å². The summed E-state index contributed by atoms with van der Waals surface area (Å²) in [5.74, 6) is -0.264. The fraction of sp³-hybridized carbons (Fsp3) is 0.500. The molecule has 3 heterocycles. The third-order valence-electron chi connectivity index (χ3n) is 4.37. The maximum atomic E-state index is 12.9. The van der Waals surface area contributed by atoms with Crippen LogP contribution >= 0.6 is 0 Å². The first-order valence-corrected chi connectivity index (χ1v) is 9.55. The van der Waals surface area contributed by atoms with E-state index in [0.717, 1.165) is 5.56 Å². The highest BCUT2D eigenvalue weighted by Crippen LogP contribution is 2.27. The number of aromatic nitrogens is 1. The van der Waals surface area contributed by atoms with E-state index in [1.54, 1.807) is 32.4 Å². The molecule has 1 aliphatic heterocycles. The lowest BCUT2D eigenvalue weighted by atomic mass is 9.99. The Labute approximate surface area is 146 Å². The number of hydrogen-bond donors (Lipinski definition) is 1. The van der Waals surface area contributed by atoms with Gasteiger partial charge in [0.2, 0.25) is 15.9 Å². The normalized spacial score (nSPS) is 19.0. The van der Waals surface area contributed by atoms with E-state index in [4.69, 9.17) is 8.94 Å². The van der Waals surface area contributed by atoms with Crippen LogP contribution in [0.5, 0.6) is 0 Å². The molecule has 1 saturated heterocycles. The van der Waals surface area contributed by atoms with Gasteiger partial charge in [0.05, 0.1) is 18.4 Å². The van der Waals surface area contributed by atoms with Crippen LogP contribution in [0.3, 0.4) is 0 Å². The zero-order valence-corrected chi connectivity index (χ0v) is 15.0. The number of nitrogens with one attached hydrogen (secondary N) is 1. The molecule has 1 atom stereocenters. The number of carbonyl (C=O) groups is 1. The number of amides is 1. The zero-order chi connectivity index (χ0) is 18.0. The van der Waals surface area contributed by atoms with Crippen molar-refractivity contribution in [3.63, 3.8) is 0 Å². The van der Waals surface area contributed by atoms with E-state index in [0.29, 0.717) is 31.6 Å². The van der Waals surface area contributed by atoms with Crippen LogP contribution in [0.25, 0.3) is 0 Å². The van der Waals surface area contributed by atoms with Crippen molar-refractivity contribution in [1.82, 2.24) is 14.8 Å². The molecule has 1 aliphatic rings. The van der Waals surface area contributed by atoms with Crippen molar-refractivity contribution >= 4 is 15.9 Å². The Balaban J connectivity index is 1.69. The molecule has 0 aliphatic carbocycles. The maximum absolute atomic E-state index is 12.9. The van der Waals surface area contributed by atoms with Crippen molar-refractivity contribution in [3.8, 4) is 0 Å². The number of rotatable bonds is 5. The van der Waals surface area contributed by atoms with Gasteiger partial charge in [0, 0.05) is 25.2 Å². The predicted octanol–water partition coefficient (Wildman–Crippen LogP) is 1.60. The molecule has 25 heavy (non-hydrogen) atoms. The number of hydrogen-bond acceptors (Lipinski definition) is 6. The monoisotopic (exact) mass is 367 g/mol. The lowest BCUT2D eigenvalue weighted by Crippen LogP contribution is -2.45. The first-order chi connectivity index (χ1) is 11.9. The van der Waals surface area contributed by atoms with Gasteiger partial charge in [0.1, 0.15) is 10.6 Å². The molecule has 0 bridgehead atoms. The van der Waals surface area contributed by atoms with E-state index in [1.165, 1.54) is 4.31 Å². The minimum absolute atomic E-state index is 0.104. The summed E-state index contributed by atoms with van der Waals surface area (Å²) in [6.45, 7) is 4.08. The molecular formula is C16H21N3O5S. The van der Waals surface area contributed by atoms with E-state index in [9.17, 15) is 13.2 Å². The number of nitrogens with zero attached hydrogens (tertiary/aromatic N) is 2. The van der Waals surface area contributed by atoms with E-state index < -0.39 is 10.0 Å². The van der Waals surface area contributed by atoms with Crippen LogP contribution in [-0.4, -0.2) is 36.9 Å². The molecule has 2 aromatic rings. The van der Waals surface area contributed by atoms with Crippen LogP contribution in [0, 0.1) is 19.8 Å². The highest BCUT2D eigenvalue weighted by molar-refractivity contribution is 7.89. The summed E-state index contributed by atoms with van der Waals surface area (Å²) in [6.07, 6.45) is 4.40. The molecule has 1 N–H and O–H groups in total. The Kier molecular flexibility index (Phi) is 4.96. The lowest BCUT2D eigenvalue weighted by Gasteiger charge is -2.31. The van der Waals surface area contributed by atoms with Crippen molar-refractivity contribution in [2.24, 2.45) is 5.92 Å². The van der Waals surface area contributed by atoms with E-state index in [-0.39, 0.29) is 29.0 Å². The molecule has 2 aromatic heterocycles. The molecule has 1 amide bonds. The highest BCUT2D eigenvalue weighted by atomic mass is 32.2. The topological polar surface area (TPSA) is 106 Å². The third kappa shape index (κ3) is 3.62. The van der Waals surface area contributed by atoms with Crippen LogP contribution in [0.2, 0.25) is 0 Å². The fourth-order valence-corrected chi connectivity index (χ4v) is 4.89. The number of carbonyl (C=O) groups excluding carboxylic acids is 1. The van der Waals surface area contributed by atoms with Crippen LogP contribution in [0.4, 0.5) is 0 Å². The van der Waals surface area contributed by atoms with Gasteiger partial charge in [-0.2, -0.15) is 4.31 Å². The second-order valence-electron chi connectivity index (χ2n) is 6.20. The average molecular weight is 367 g/mol. The Hall–Kier alpha value is -2.13. The Morgan fingerprint density at radius 2 is 2.24 bits per heavy atom. The van der Waals surface area contributed by atoms with Gasteiger partial charge in [-0.25, -0.2) is 8.42 Å². The summed E-state index contributed by atoms with van der Waals surface area (Å²) in [5.41, 5.74) is 1.20. The van der Waals surface area contributed by atoms with Crippen LogP contribution in [0.1, 0.15) is 29.9 Å². The molecule has 8 nitrogen and oxygen atoms in total. The quantitative estimate of drug-likeness (QED) is 0.860. The first kappa shape index (κ1) is 17.7. The molecule has 3 rings (SSSR count).